The van der Waals surface area contributed by atoms with Crippen molar-refractivity contribution in [2.45, 2.75) is 24.9 Å². The lowest BCUT2D eigenvalue weighted by atomic mass is 10.0. The predicted molar refractivity (Wildman–Crippen MR) is 137 cm³/mol. The summed E-state index contributed by atoms with van der Waals surface area (Å²) in [5.41, 5.74) is 7.99. The first kappa shape index (κ1) is 25.0. The minimum absolute atomic E-state index is 0.0315. The SMILES string of the molecule is CO/N=C(\C(=O)N[C@@H]1C(=O)N2C(C(=O)O)=C(C[n+]3cc4cccc(C)n4c3)CS[C@H]12)c1nc(N)sc1Cl. The molecule has 3 aromatic heterocycles. The van der Waals surface area contributed by atoms with Gasteiger partial charge in [-0.15, -0.1) is 11.8 Å². The first-order valence-electron chi connectivity index (χ1n) is 10.9. The Bertz CT molecular complexity index is 1510. The number of oxime groups is 1. The molecule has 5 rings (SSSR count). The molecular formula is C22H21ClN7O5S2+. The van der Waals surface area contributed by atoms with Crippen LogP contribution in [0.5, 0.6) is 0 Å². The van der Waals surface area contributed by atoms with E-state index in [-0.39, 0.29) is 26.6 Å². The number of fused-ring (bicyclic) bond motifs is 2. The van der Waals surface area contributed by atoms with Gasteiger partial charge in [0.25, 0.3) is 11.8 Å². The standard InChI is InChI=1S/C22H20ClN7O5S2/c1-10-4-3-5-12-7-28(9-29(10)12)6-11-8-36-20-15(19(32)30(20)16(11)21(33)34)25-18(31)14(27-35-2)13-17(23)37-22(24)26-13/h3-5,7,9,15,20H,6,8H2,1-2H3,(H3-,24,25,26,31,33,34)/p+1/b27-14-/t15-,20-/m1/s1. The molecule has 0 saturated carbocycles. The molecule has 3 aromatic rings. The lowest BCUT2D eigenvalue weighted by molar-refractivity contribution is -0.687. The zero-order chi connectivity index (χ0) is 26.4. The van der Waals surface area contributed by atoms with Crippen LogP contribution in [-0.4, -0.2) is 67.2 Å². The number of aromatic nitrogens is 3. The molecule has 12 nitrogen and oxygen atoms in total. The maximum absolute atomic E-state index is 13.1. The Morgan fingerprint density at radius 3 is 2.86 bits per heavy atom. The average molecular weight is 563 g/mol. The van der Waals surface area contributed by atoms with E-state index < -0.39 is 29.2 Å². The second-order valence-electron chi connectivity index (χ2n) is 8.29. The molecule has 0 radical (unpaired) electrons. The smallest absolute Gasteiger partial charge is 0.352 e. The molecule has 0 bridgehead atoms. The van der Waals surface area contributed by atoms with Crippen molar-refractivity contribution in [3.05, 3.63) is 57.7 Å². The highest BCUT2D eigenvalue weighted by Crippen LogP contribution is 2.40. The summed E-state index contributed by atoms with van der Waals surface area (Å²) in [5, 5.41) is 15.8. The Labute approximate surface area is 223 Å². The van der Waals surface area contributed by atoms with Crippen molar-refractivity contribution in [3.63, 3.8) is 0 Å². The van der Waals surface area contributed by atoms with E-state index in [0.29, 0.717) is 17.9 Å². The number of nitrogens with one attached hydrogen (secondary N) is 1. The third kappa shape index (κ3) is 4.40. The van der Waals surface area contributed by atoms with Gasteiger partial charge in [-0.2, -0.15) is 4.40 Å². The molecule has 0 spiro atoms. The van der Waals surface area contributed by atoms with Gasteiger partial charge in [0, 0.05) is 11.3 Å². The molecule has 2 aliphatic rings. The molecule has 0 unspecified atom stereocenters. The zero-order valence-corrected chi connectivity index (χ0v) is 21.9. The fourth-order valence-electron chi connectivity index (χ4n) is 4.33. The molecule has 0 aromatic carbocycles. The number of aliphatic carboxylic acids is 1. The molecule has 4 N–H and O–H groups in total. The molecule has 1 saturated heterocycles. The molecule has 5 heterocycles. The highest BCUT2D eigenvalue weighted by atomic mass is 35.5. The number of carbonyl (C=O) groups is 3. The van der Waals surface area contributed by atoms with Crippen molar-refractivity contribution in [1.82, 2.24) is 19.6 Å². The summed E-state index contributed by atoms with van der Waals surface area (Å²) in [7, 11) is 1.25. The fraction of sp³-hybridized carbons (Fsp3) is 0.273. The van der Waals surface area contributed by atoms with Crippen LogP contribution in [0.1, 0.15) is 11.4 Å². The van der Waals surface area contributed by atoms with Crippen molar-refractivity contribution in [3.8, 4) is 0 Å². The van der Waals surface area contributed by atoms with Crippen LogP contribution in [-0.2, 0) is 25.8 Å². The number of nitrogens with zero attached hydrogens (tertiary/aromatic N) is 5. The van der Waals surface area contributed by atoms with E-state index in [0.717, 1.165) is 22.5 Å². The summed E-state index contributed by atoms with van der Waals surface area (Å²) >= 11 is 8.46. The van der Waals surface area contributed by atoms with Crippen LogP contribution in [0.15, 0.2) is 47.1 Å². The monoisotopic (exact) mass is 562 g/mol. The number of hydrogen-bond acceptors (Lipinski definition) is 9. The Morgan fingerprint density at radius 1 is 1.43 bits per heavy atom. The average Bonchev–Trinajstić information content (AvgIpc) is 3.42. The summed E-state index contributed by atoms with van der Waals surface area (Å²) in [6.07, 6.45) is 3.81. The van der Waals surface area contributed by atoms with E-state index in [1.165, 1.54) is 23.8 Å². The number of rotatable bonds is 7. The Kier molecular flexibility index (Phi) is 6.56. The minimum atomic E-state index is -1.20. The van der Waals surface area contributed by atoms with Crippen LogP contribution in [0, 0.1) is 6.92 Å². The van der Waals surface area contributed by atoms with Gasteiger partial charge in [0.2, 0.25) is 6.33 Å². The normalized spacial score (nSPS) is 19.6. The van der Waals surface area contributed by atoms with E-state index in [1.54, 1.807) is 0 Å². The third-order valence-corrected chi connectivity index (χ3v) is 8.38. The maximum atomic E-state index is 13.1. The van der Waals surface area contributed by atoms with E-state index in [2.05, 4.69) is 15.5 Å². The van der Waals surface area contributed by atoms with Crippen LogP contribution in [0.2, 0.25) is 4.34 Å². The highest BCUT2D eigenvalue weighted by Gasteiger charge is 2.54. The van der Waals surface area contributed by atoms with E-state index in [4.69, 9.17) is 22.2 Å². The van der Waals surface area contributed by atoms with Crippen molar-refractivity contribution < 1.29 is 28.9 Å². The summed E-state index contributed by atoms with van der Waals surface area (Å²) in [6.45, 7) is 2.28. The lowest BCUT2D eigenvalue weighted by Gasteiger charge is -2.49. The van der Waals surface area contributed by atoms with Crippen LogP contribution in [0.25, 0.3) is 5.52 Å². The van der Waals surface area contributed by atoms with Crippen LogP contribution >= 0.6 is 34.7 Å². The number of carboxylic acid groups (broad SMARTS) is 1. The van der Waals surface area contributed by atoms with Crippen LogP contribution in [0.4, 0.5) is 5.13 Å². The largest absolute Gasteiger partial charge is 0.477 e. The van der Waals surface area contributed by atoms with Crippen LogP contribution in [0.3, 0.4) is 0 Å². The molecule has 37 heavy (non-hydrogen) atoms. The molecule has 0 aliphatic carbocycles. The first-order chi connectivity index (χ1) is 17.7. The number of carbonyl (C=O) groups excluding carboxylic acids is 2. The number of thioether (sulfide) groups is 1. The number of carboxylic acids is 1. The van der Waals surface area contributed by atoms with Gasteiger partial charge in [0.1, 0.15) is 52.7 Å². The van der Waals surface area contributed by atoms with Crippen molar-refractivity contribution in [2.24, 2.45) is 5.16 Å². The van der Waals surface area contributed by atoms with Crippen molar-refractivity contribution in [1.29, 1.82) is 0 Å². The second-order valence-corrected chi connectivity index (χ2v) is 11.0. The van der Waals surface area contributed by atoms with Gasteiger partial charge in [-0.25, -0.2) is 14.3 Å². The number of nitrogens with two attached hydrogens (primary N) is 1. The number of thiazole rings is 1. The third-order valence-electron chi connectivity index (χ3n) is 5.96. The minimum Gasteiger partial charge on any atom is -0.477 e. The molecule has 2 amide bonds. The van der Waals surface area contributed by atoms with E-state index >= 15 is 0 Å². The van der Waals surface area contributed by atoms with Gasteiger partial charge < -0.3 is 21.0 Å². The van der Waals surface area contributed by atoms with Gasteiger partial charge in [0.15, 0.2) is 16.4 Å². The van der Waals surface area contributed by atoms with Gasteiger partial charge >= 0.3 is 5.97 Å². The van der Waals surface area contributed by atoms with Gasteiger partial charge in [-0.3, -0.25) is 14.5 Å². The number of pyridine rings is 1. The number of hydrogen-bond donors (Lipinski definition) is 3. The van der Waals surface area contributed by atoms with E-state index in [9.17, 15) is 19.5 Å². The molecular weight excluding hydrogens is 542 g/mol. The number of aryl methyl sites for hydroxylation is 1. The number of nitrogen functional groups attached to an aromatic ring is 1. The van der Waals surface area contributed by atoms with Gasteiger partial charge in [-0.1, -0.05) is 34.2 Å². The topological polar surface area (TPSA) is 156 Å². The Hall–Kier alpha value is -3.62. The van der Waals surface area contributed by atoms with E-state index in [1.807, 2.05) is 46.6 Å². The number of halogens is 1. The van der Waals surface area contributed by atoms with Crippen molar-refractivity contribution in [2.75, 3.05) is 18.6 Å². The highest BCUT2D eigenvalue weighted by molar-refractivity contribution is 8.00. The number of imidazole rings is 1. The summed E-state index contributed by atoms with van der Waals surface area (Å²) in [4.78, 5) is 48.3. The lowest BCUT2D eigenvalue weighted by Crippen LogP contribution is -2.71. The summed E-state index contributed by atoms with van der Waals surface area (Å²) in [6, 6.07) is 4.93. The zero-order valence-electron chi connectivity index (χ0n) is 19.5. The quantitative estimate of drug-likeness (QED) is 0.167. The Balaban J connectivity index is 1.37. The summed E-state index contributed by atoms with van der Waals surface area (Å²) in [5.74, 6) is -2.12. The predicted octanol–water partition coefficient (Wildman–Crippen LogP) is 1.02. The second kappa shape index (κ2) is 9.68. The van der Waals surface area contributed by atoms with Crippen LogP contribution < -0.4 is 15.6 Å². The molecule has 2 atom stereocenters. The van der Waals surface area contributed by atoms with Gasteiger partial charge in [-0.05, 0) is 19.1 Å². The van der Waals surface area contributed by atoms with Gasteiger partial charge in [0.05, 0.1) is 0 Å². The first-order valence-corrected chi connectivity index (χ1v) is 13.1. The van der Waals surface area contributed by atoms with Crippen molar-refractivity contribution >= 4 is 68.8 Å². The molecule has 2 aliphatic heterocycles. The number of amides is 2. The maximum Gasteiger partial charge on any atom is 0.352 e. The number of β-lactam (4-membered cyclic amide) rings is 1. The molecule has 192 valence electrons. The Morgan fingerprint density at radius 2 is 2.22 bits per heavy atom. The molecule has 1 fully saturated rings. The summed E-state index contributed by atoms with van der Waals surface area (Å²) < 4.78 is 4.03. The fourth-order valence-corrected chi connectivity index (χ4v) is 6.60. The molecule has 15 heteroatoms. The number of anilines is 1.